The van der Waals surface area contributed by atoms with Crippen molar-refractivity contribution in [3.05, 3.63) is 52.3 Å². The van der Waals surface area contributed by atoms with Gasteiger partial charge in [0.25, 0.3) is 5.91 Å². The monoisotopic (exact) mass is 303 g/mol. The summed E-state index contributed by atoms with van der Waals surface area (Å²) in [6.45, 7) is 1.44. The van der Waals surface area contributed by atoms with Gasteiger partial charge in [-0.15, -0.1) is 11.3 Å². The van der Waals surface area contributed by atoms with Crippen molar-refractivity contribution in [3.63, 3.8) is 0 Å². The normalized spacial score (nSPS) is 13.0. The van der Waals surface area contributed by atoms with Crippen molar-refractivity contribution in [1.29, 1.82) is 0 Å². The summed E-state index contributed by atoms with van der Waals surface area (Å²) >= 11 is 1.40. The van der Waals surface area contributed by atoms with Gasteiger partial charge in [-0.25, -0.2) is 0 Å². The molecule has 5 nitrogen and oxygen atoms in total. The lowest BCUT2D eigenvalue weighted by molar-refractivity contribution is -0.121. The summed E-state index contributed by atoms with van der Waals surface area (Å²) in [5, 5.41) is 4.67. The Hall–Kier alpha value is -2.21. The summed E-state index contributed by atoms with van der Waals surface area (Å²) in [6, 6.07) is 9.07. The highest BCUT2D eigenvalue weighted by atomic mass is 32.1. The van der Waals surface area contributed by atoms with Crippen molar-refractivity contribution in [2.45, 2.75) is 19.4 Å². The Morgan fingerprint density at radius 3 is 2.62 bits per heavy atom. The standard InChI is InChI=1S/C15H17N3O2S/c1-11(19)16-13(12-6-4-3-5-7-12)10-14(20)17-15-18(2)8-9-21-15/h3-9,13H,10H2,1-2H3,(H,16,19)/t13-/m1/s1. The first kappa shape index (κ1) is 15.2. The van der Waals surface area contributed by atoms with Crippen LogP contribution < -0.4 is 10.1 Å². The van der Waals surface area contributed by atoms with Crippen LogP contribution in [0.1, 0.15) is 24.9 Å². The van der Waals surface area contributed by atoms with E-state index in [1.807, 2.05) is 49.0 Å². The van der Waals surface area contributed by atoms with Gasteiger partial charge in [-0.1, -0.05) is 30.3 Å². The summed E-state index contributed by atoms with van der Waals surface area (Å²) in [5.41, 5.74) is 0.895. The van der Waals surface area contributed by atoms with E-state index in [-0.39, 0.29) is 24.3 Å². The van der Waals surface area contributed by atoms with Crippen molar-refractivity contribution >= 4 is 23.2 Å². The number of nitrogens with zero attached hydrogens (tertiary/aromatic N) is 2. The minimum atomic E-state index is -0.356. The van der Waals surface area contributed by atoms with Gasteiger partial charge in [0.2, 0.25) is 5.91 Å². The summed E-state index contributed by atoms with van der Waals surface area (Å²) in [4.78, 5) is 28.2. The minimum absolute atomic E-state index is 0.140. The van der Waals surface area contributed by atoms with Gasteiger partial charge in [0.15, 0.2) is 4.80 Å². The molecule has 110 valence electrons. The maximum atomic E-state index is 12.1. The van der Waals surface area contributed by atoms with Crippen LogP contribution in [0.5, 0.6) is 0 Å². The largest absolute Gasteiger partial charge is 0.349 e. The van der Waals surface area contributed by atoms with E-state index >= 15 is 0 Å². The van der Waals surface area contributed by atoms with Crippen molar-refractivity contribution < 1.29 is 9.59 Å². The van der Waals surface area contributed by atoms with Gasteiger partial charge in [0.05, 0.1) is 12.5 Å². The van der Waals surface area contributed by atoms with Crippen molar-refractivity contribution in [2.24, 2.45) is 12.0 Å². The number of thiazole rings is 1. The lowest BCUT2D eigenvalue weighted by Gasteiger charge is -2.16. The fourth-order valence-electron chi connectivity index (χ4n) is 1.94. The Balaban J connectivity index is 2.18. The molecule has 1 heterocycles. The van der Waals surface area contributed by atoms with Crippen LogP contribution in [-0.2, 0) is 16.6 Å². The number of benzene rings is 1. The van der Waals surface area contributed by atoms with Gasteiger partial charge >= 0.3 is 0 Å². The Labute approximate surface area is 127 Å². The molecule has 1 atom stereocenters. The van der Waals surface area contributed by atoms with Gasteiger partial charge in [0, 0.05) is 25.5 Å². The highest BCUT2D eigenvalue weighted by molar-refractivity contribution is 7.07. The number of hydrogen-bond acceptors (Lipinski definition) is 3. The molecule has 0 saturated heterocycles. The predicted molar refractivity (Wildman–Crippen MR) is 81.5 cm³/mol. The molecule has 2 rings (SSSR count). The lowest BCUT2D eigenvalue weighted by Crippen LogP contribution is -2.28. The second-order valence-electron chi connectivity index (χ2n) is 4.67. The molecule has 21 heavy (non-hydrogen) atoms. The smallest absolute Gasteiger partial charge is 0.250 e. The van der Waals surface area contributed by atoms with E-state index in [9.17, 15) is 9.59 Å². The molecule has 0 unspecified atom stereocenters. The summed E-state index contributed by atoms with van der Waals surface area (Å²) in [6.07, 6.45) is 1.99. The highest BCUT2D eigenvalue weighted by Crippen LogP contribution is 2.17. The van der Waals surface area contributed by atoms with E-state index in [1.54, 1.807) is 4.57 Å². The molecule has 1 aromatic carbocycles. The average molecular weight is 303 g/mol. The Kier molecular flexibility index (Phi) is 5.05. The minimum Gasteiger partial charge on any atom is -0.349 e. The van der Waals surface area contributed by atoms with E-state index in [0.29, 0.717) is 4.80 Å². The second-order valence-corrected chi connectivity index (χ2v) is 5.54. The third-order valence-corrected chi connectivity index (χ3v) is 3.79. The number of amides is 2. The molecule has 6 heteroatoms. The summed E-state index contributed by atoms with van der Waals surface area (Å²) in [5.74, 6) is -0.422. The third kappa shape index (κ3) is 4.39. The molecule has 1 aromatic heterocycles. The maximum Gasteiger partial charge on any atom is 0.250 e. The fraction of sp³-hybridized carbons (Fsp3) is 0.267. The molecule has 0 spiro atoms. The highest BCUT2D eigenvalue weighted by Gasteiger charge is 2.16. The van der Waals surface area contributed by atoms with Crippen LogP contribution in [0.3, 0.4) is 0 Å². The molecule has 2 aromatic rings. The van der Waals surface area contributed by atoms with Crippen LogP contribution in [0.2, 0.25) is 0 Å². The number of rotatable bonds is 4. The van der Waals surface area contributed by atoms with Crippen molar-refractivity contribution in [3.8, 4) is 0 Å². The number of nitrogens with one attached hydrogen (secondary N) is 1. The molecule has 0 aliphatic carbocycles. The van der Waals surface area contributed by atoms with Gasteiger partial charge in [0.1, 0.15) is 0 Å². The SMILES string of the molecule is CC(=O)N[C@H](CC(=O)N=c1sccn1C)c1ccccc1. The van der Waals surface area contributed by atoms with E-state index in [0.717, 1.165) is 5.56 Å². The molecular formula is C15H17N3O2S. The Morgan fingerprint density at radius 2 is 2.05 bits per heavy atom. The van der Waals surface area contributed by atoms with Crippen LogP contribution in [0.25, 0.3) is 0 Å². The van der Waals surface area contributed by atoms with Gasteiger partial charge in [-0.3, -0.25) is 9.59 Å². The number of aryl methyl sites for hydroxylation is 1. The topological polar surface area (TPSA) is 63.5 Å². The number of hydrogen-bond donors (Lipinski definition) is 1. The Morgan fingerprint density at radius 1 is 1.33 bits per heavy atom. The van der Waals surface area contributed by atoms with Gasteiger partial charge in [-0.05, 0) is 5.56 Å². The maximum absolute atomic E-state index is 12.1. The van der Waals surface area contributed by atoms with Gasteiger partial charge in [-0.2, -0.15) is 4.99 Å². The van der Waals surface area contributed by atoms with E-state index < -0.39 is 0 Å². The first-order valence-electron chi connectivity index (χ1n) is 6.56. The van der Waals surface area contributed by atoms with Gasteiger partial charge < -0.3 is 9.88 Å². The second kappa shape index (κ2) is 6.99. The Bertz CT molecular complexity index is 688. The molecule has 0 aliphatic heterocycles. The molecule has 1 N–H and O–H groups in total. The third-order valence-electron chi connectivity index (χ3n) is 2.94. The number of carbonyl (C=O) groups excluding carboxylic acids is 2. The van der Waals surface area contributed by atoms with Crippen LogP contribution in [-0.4, -0.2) is 16.4 Å². The zero-order chi connectivity index (χ0) is 15.2. The number of carbonyl (C=O) groups is 2. The quantitative estimate of drug-likeness (QED) is 0.936. The lowest BCUT2D eigenvalue weighted by atomic mass is 10.0. The molecular weight excluding hydrogens is 286 g/mol. The van der Waals surface area contributed by atoms with Crippen LogP contribution in [0, 0.1) is 0 Å². The zero-order valence-corrected chi connectivity index (χ0v) is 12.8. The van der Waals surface area contributed by atoms with E-state index in [1.165, 1.54) is 18.3 Å². The molecule has 0 aliphatic rings. The molecule has 2 amide bonds. The number of aromatic nitrogens is 1. The van der Waals surface area contributed by atoms with E-state index in [4.69, 9.17) is 0 Å². The summed E-state index contributed by atoms with van der Waals surface area (Å²) in [7, 11) is 1.84. The molecule has 0 radical (unpaired) electrons. The van der Waals surface area contributed by atoms with Crippen LogP contribution in [0.15, 0.2) is 46.9 Å². The molecule has 0 saturated carbocycles. The first-order valence-corrected chi connectivity index (χ1v) is 7.44. The average Bonchev–Trinajstić information content (AvgIpc) is 2.84. The van der Waals surface area contributed by atoms with Crippen LogP contribution in [0.4, 0.5) is 0 Å². The van der Waals surface area contributed by atoms with E-state index in [2.05, 4.69) is 10.3 Å². The molecule has 0 fully saturated rings. The predicted octanol–water partition coefficient (Wildman–Crippen LogP) is 1.78. The van der Waals surface area contributed by atoms with Crippen molar-refractivity contribution in [1.82, 2.24) is 9.88 Å². The van der Waals surface area contributed by atoms with Crippen molar-refractivity contribution in [2.75, 3.05) is 0 Å². The fourth-order valence-corrected chi connectivity index (χ4v) is 2.69. The zero-order valence-electron chi connectivity index (χ0n) is 11.9. The van der Waals surface area contributed by atoms with Crippen LogP contribution >= 0.6 is 11.3 Å². The molecule has 0 bridgehead atoms. The first-order chi connectivity index (χ1) is 10.1. The summed E-state index contributed by atoms with van der Waals surface area (Å²) < 4.78 is 1.79.